The molecule has 3 rings (SSSR count). The fourth-order valence-electron chi connectivity index (χ4n) is 1.97. The Bertz CT molecular complexity index is 557. The van der Waals surface area contributed by atoms with Crippen LogP contribution in [0.4, 0.5) is 4.79 Å². The minimum absolute atomic E-state index is 0.453. The highest BCUT2D eigenvalue weighted by Crippen LogP contribution is 2.44. The van der Waals surface area contributed by atoms with Gasteiger partial charge in [0, 0.05) is 11.6 Å². The van der Waals surface area contributed by atoms with Crippen molar-refractivity contribution < 1.29 is 9.90 Å². The molecule has 1 saturated carbocycles. The van der Waals surface area contributed by atoms with Crippen LogP contribution in [0.3, 0.4) is 0 Å². The summed E-state index contributed by atoms with van der Waals surface area (Å²) in [4.78, 5) is 18.2. The molecule has 1 amide bonds. The Kier molecular flexibility index (Phi) is 1.71. The van der Waals surface area contributed by atoms with Gasteiger partial charge in [0.25, 0.3) is 0 Å². The molecule has 0 aliphatic heterocycles. The monoisotopic (exact) mass is 217 g/mol. The topological polar surface area (TPSA) is 78.0 Å². The van der Waals surface area contributed by atoms with Crippen LogP contribution >= 0.6 is 0 Å². The van der Waals surface area contributed by atoms with Crippen LogP contribution in [0, 0.1) is 0 Å². The van der Waals surface area contributed by atoms with Crippen LogP contribution in [0.1, 0.15) is 18.5 Å². The summed E-state index contributed by atoms with van der Waals surface area (Å²) in [6.45, 7) is 0. The van der Waals surface area contributed by atoms with Crippen LogP contribution < -0.4 is 5.32 Å². The van der Waals surface area contributed by atoms with Gasteiger partial charge in [-0.3, -0.25) is 0 Å². The summed E-state index contributed by atoms with van der Waals surface area (Å²) < 4.78 is 0. The lowest BCUT2D eigenvalue weighted by Gasteiger charge is -2.14. The fourth-order valence-corrected chi connectivity index (χ4v) is 1.97. The summed E-state index contributed by atoms with van der Waals surface area (Å²) in [5, 5.41) is 12.4. The van der Waals surface area contributed by atoms with Crippen LogP contribution in [0.15, 0.2) is 24.4 Å². The SMILES string of the molecule is O=C(O)NC1(c2ccc3cc[nH]c3n2)CC1. The summed E-state index contributed by atoms with van der Waals surface area (Å²) in [5.41, 5.74) is 1.14. The van der Waals surface area contributed by atoms with Crippen LogP contribution in [0.5, 0.6) is 0 Å². The van der Waals surface area contributed by atoms with Crippen molar-refractivity contribution in [2.75, 3.05) is 0 Å². The second-order valence-corrected chi connectivity index (χ2v) is 4.12. The van der Waals surface area contributed by atoms with Gasteiger partial charge in [0.15, 0.2) is 0 Å². The normalized spacial score (nSPS) is 17.2. The highest BCUT2D eigenvalue weighted by atomic mass is 16.4. The lowest BCUT2D eigenvalue weighted by atomic mass is 10.1. The molecule has 1 aliphatic carbocycles. The molecule has 1 aliphatic rings. The lowest BCUT2D eigenvalue weighted by molar-refractivity contribution is 0.188. The second-order valence-electron chi connectivity index (χ2n) is 4.12. The summed E-state index contributed by atoms with van der Waals surface area (Å²) in [5.74, 6) is 0. The van der Waals surface area contributed by atoms with Gasteiger partial charge >= 0.3 is 6.09 Å². The van der Waals surface area contributed by atoms with Gasteiger partial charge in [-0.1, -0.05) is 0 Å². The van der Waals surface area contributed by atoms with Gasteiger partial charge in [0.2, 0.25) is 0 Å². The third-order valence-corrected chi connectivity index (χ3v) is 3.00. The van der Waals surface area contributed by atoms with Gasteiger partial charge in [-0.2, -0.15) is 0 Å². The number of hydrogen-bond acceptors (Lipinski definition) is 2. The van der Waals surface area contributed by atoms with E-state index in [-0.39, 0.29) is 0 Å². The molecule has 0 spiro atoms. The highest BCUT2D eigenvalue weighted by molar-refractivity contribution is 5.76. The third-order valence-electron chi connectivity index (χ3n) is 3.00. The summed E-state index contributed by atoms with van der Waals surface area (Å²) >= 11 is 0. The number of nitrogens with one attached hydrogen (secondary N) is 2. The Morgan fingerprint density at radius 3 is 2.94 bits per heavy atom. The van der Waals surface area contributed by atoms with Crippen molar-refractivity contribution in [1.82, 2.24) is 15.3 Å². The Hall–Kier alpha value is -2.04. The molecule has 2 aromatic rings. The van der Waals surface area contributed by atoms with Gasteiger partial charge in [0.1, 0.15) is 5.65 Å². The molecule has 0 atom stereocenters. The number of carboxylic acid groups (broad SMARTS) is 1. The van der Waals surface area contributed by atoms with Crippen LogP contribution in [0.25, 0.3) is 11.0 Å². The number of fused-ring (bicyclic) bond motifs is 1. The fraction of sp³-hybridized carbons (Fsp3) is 0.273. The Morgan fingerprint density at radius 1 is 1.44 bits per heavy atom. The van der Waals surface area contributed by atoms with Crippen molar-refractivity contribution in [3.05, 3.63) is 30.1 Å². The smallest absolute Gasteiger partial charge is 0.405 e. The number of carbonyl (C=O) groups is 1. The minimum Gasteiger partial charge on any atom is -0.465 e. The predicted octanol–water partition coefficient (Wildman–Crippen LogP) is 1.82. The van der Waals surface area contributed by atoms with Gasteiger partial charge in [-0.15, -0.1) is 0 Å². The maximum absolute atomic E-state index is 10.7. The van der Waals surface area contributed by atoms with E-state index in [1.54, 1.807) is 0 Å². The number of rotatable bonds is 2. The molecule has 0 saturated heterocycles. The number of nitrogens with zero attached hydrogens (tertiary/aromatic N) is 1. The van der Waals surface area contributed by atoms with Gasteiger partial charge in [0.05, 0.1) is 11.2 Å². The molecule has 16 heavy (non-hydrogen) atoms. The third kappa shape index (κ3) is 1.32. The number of amides is 1. The zero-order valence-electron chi connectivity index (χ0n) is 8.53. The second kappa shape index (κ2) is 2.98. The number of H-pyrrole nitrogens is 1. The van der Waals surface area contributed by atoms with Crippen LogP contribution in [-0.4, -0.2) is 21.2 Å². The Labute approximate surface area is 91.5 Å². The van der Waals surface area contributed by atoms with E-state index in [0.717, 1.165) is 29.6 Å². The molecule has 0 bridgehead atoms. The summed E-state index contributed by atoms with van der Waals surface area (Å²) in [7, 11) is 0. The minimum atomic E-state index is -0.995. The first-order chi connectivity index (χ1) is 7.70. The van der Waals surface area contributed by atoms with E-state index in [9.17, 15) is 4.79 Å². The molecule has 2 heterocycles. The first-order valence-electron chi connectivity index (χ1n) is 5.15. The zero-order chi connectivity index (χ0) is 11.2. The van der Waals surface area contributed by atoms with Gasteiger partial charge in [-0.05, 0) is 31.0 Å². The molecule has 0 unspecified atom stereocenters. The van der Waals surface area contributed by atoms with Crippen LogP contribution in [0.2, 0.25) is 0 Å². The first kappa shape index (κ1) is 9.21. The quantitative estimate of drug-likeness (QED) is 0.718. The van der Waals surface area contributed by atoms with E-state index >= 15 is 0 Å². The van der Waals surface area contributed by atoms with E-state index in [0.29, 0.717) is 0 Å². The molecule has 5 nitrogen and oxygen atoms in total. The summed E-state index contributed by atoms with van der Waals surface area (Å²) in [6.07, 6.45) is 2.47. The molecule has 0 radical (unpaired) electrons. The largest absolute Gasteiger partial charge is 0.465 e. The maximum atomic E-state index is 10.7. The van der Waals surface area contributed by atoms with E-state index in [1.165, 1.54) is 0 Å². The first-order valence-corrected chi connectivity index (χ1v) is 5.15. The average molecular weight is 217 g/mol. The van der Waals surface area contributed by atoms with Gasteiger partial charge in [-0.25, -0.2) is 9.78 Å². The van der Waals surface area contributed by atoms with Crippen molar-refractivity contribution in [3.8, 4) is 0 Å². The molecule has 0 aromatic carbocycles. The molecule has 3 N–H and O–H groups in total. The zero-order valence-corrected chi connectivity index (χ0v) is 8.53. The van der Waals surface area contributed by atoms with E-state index in [2.05, 4.69) is 15.3 Å². The van der Waals surface area contributed by atoms with E-state index < -0.39 is 11.6 Å². The highest BCUT2D eigenvalue weighted by Gasteiger charge is 2.47. The molecule has 2 aromatic heterocycles. The van der Waals surface area contributed by atoms with Crippen LogP contribution in [-0.2, 0) is 5.54 Å². The molecule has 82 valence electrons. The maximum Gasteiger partial charge on any atom is 0.405 e. The molecule has 5 heteroatoms. The van der Waals surface area contributed by atoms with E-state index in [1.807, 2.05) is 24.4 Å². The predicted molar refractivity (Wildman–Crippen MR) is 58.2 cm³/mol. The van der Waals surface area contributed by atoms with Crippen molar-refractivity contribution in [2.45, 2.75) is 18.4 Å². The Balaban J connectivity index is 2.02. The molecule has 1 fully saturated rings. The van der Waals surface area contributed by atoms with Crippen molar-refractivity contribution >= 4 is 17.1 Å². The molecular weight excluding hydrogens is 206 g/mol. The van der Waals surface area contributed by atoms with E-state index in [4.69, 9.17) is 5.11 Å². The standard InChI is InChI=1S/C11H11N3O2/c15-10(16)14-11(4-5-11)8-2-1-7-3-6-12-9(7)13-8/h1-3,6,14H,4-5H2,(H,12,13)(H,15,16). The molecular formula is C11H11N3O2. The van der Waals surface area contributed by atoms with Crippen molar-refractivity contribution in [2.24, 2.45) is 0 Å². The Morgan fingerprint density at radius 2 is 2.25 bits per heavy atom. The van der Waals surface area contributed by atoms with Crippen molar-refractivity contribution in [3.63, 3.8) is 0 Å². The number of aromatic nitrogens is 2. The lowest BCUT2D eigenvalue weighted by Crippen LogP contribution is -2.34. The average Bonchev–Trinajstić information content (AvgIpc) is 2.87. The number of pyridine rings is 1. The van der Waals surface area contributed by atoms with Gasteiger partial charge < -0.3 is 15.4 Å². The summed E-state index contributed by atoms with van der Waals surface area (Å²) in [6, 6.07) is 5.78. The number of aromatic amines is 1. The van der Waals surface area contributed by atoms with Crippen molar-refractivity contribution in [1.29, 1.82) is 0 Å². The number of hydrogen-bond donors (Lipinski definition) is 3.